The zero-order valence-electron chi connectivity index (χ0n) is 10.9. The average molecular weight is 313 g/mol. The Balaban J connectivity index is 1.66. The molecule has 0 atom stereocenters. The average Bonchev–Trinajstić information content (AvgIpc) is 2.97. The van der Waals surface area contributed by atoms with Crippen molar-refractivity contribution >= 4 is 33.9 Å². The monoisotopic (exact) mass is 313 g/mol. The fourth-order valence-corrected chi connectivity index (χ4v) is 2.68. The van der Waals surface area contributed by atoms with Gasteiger partial charge in [-0.25, -0.2) is 0 Å². The molecule has 1 N–H and O–H groups in total. The minimum absolute atomic E-state index is 0.247. The Kier molecular flexibility index (Phi) is 4.18. The zero-order chi connectivity index (χ0) is 14.5. The molecular formula is C15H11N3OS2. The van der Waals surface area contributed by atoms with Gasteiger partial charge in [0.2, 0.25) is 5.13 Å². The number of anilines is 1. The van der Waals surface area contributed by atoms with Crippen molar-refractivity contribution < 1.29 is 4.74 Å². The molecule has 0 aliphatic rings. The van der Waals surface area contributed by atoms with Crippen LogP contribution in [0.5, 0.6) is 5.75 Å². The molecule has 3 aromatic rings. The molecule has 0 aliphatic carbocycles. The predicted octanol–water partition coefficient (Wildman–Crippen LogP) is 3.98. The fraction of sp³-hybridized carbons (Fsp3) is 0. The van der Waals surface area contributed by atoms with Crippen molar-refractivity contribution in [3.8, 4) is 16.3 Å². The van der Waals surface area contributed by atoms with Crippen LogP contribution in [0.4, 0.5) is 5.13 Å². The number of ether oxygens (including phenoxy) is 1. The molecule has 0 radical (unpaired) electrons. The third kappa shape index (κ3) is 3.62. The molecule has 0 bridgehead atoms. The molecule has 0 saturated heterocycles. The van der Waals surface area contributed by atoms with E-state index >= 15 is 0 Å². The van der Waals surface area contributed by atoms with Crippen LogP contribution in [0.3, 0.4) is 0 Å². The first-order valence-electron chi connectivity index (χ1n) is 6.24. The van der Waals surface area contributed by atoms with Crippen molar-refractivity contribution in [2.75, 3.05) is 5.32 Å². The van der Waals surface area contributed by atoms with Gasteiger partial charge in [-0.1, -0.05) is 59.9 Å². The Hall–Kier alpha value is -2.31. The van der Waals surface area contributed by atoms with Crippen LogP contribution in [0.2, 0.25) is 0 Å². The van der Waals surface area contributed by atoms with E-state index in [1.54, 1.807) is 0 Å². The summed E-state index contributed by atoms with van der Waals surface area (Å²) in [7, 11) is 0. The third-order valence-corrected chi connectivity index (χ3v) is 3.68. The first-order valence-corrected chi connectivity index (χ1v) is 7.46. The second kappa shape index (κ2) is 6.43. The second-order valence-electron chi connectivity index (χ2n) is 4.11. The third-order valence-electron chi connectivity index (χ3n) is 2.61. The van der Waals surface area contributed by atoms with Gasteiger partial charge in [-0.3, -0.25) is 5.32 Å². The zero-order valence-corrected chi connectivity index (χ0v) is 12.5. The molecule has 0 unspecified atom stereocenters. The summed E-state index contributed by atoms with van der Waals surface area (Å²) < 4.78 is 5.49. The Morgan fingerprint density at radius 2 is 1.62 bits per heavy atom. The summed E-state index contributed by atoms with van der Waals surface area (Å²) in [6, 6.07) is 19.2. The van der Waals surface area contributed by atoms with Crippen molar-refractivity contribution in [1.29, 1.82) is 0 Å². The van der Waals surface area contributed by atoms with Crippen molar-refractivity contribution in [2.24, 2.45) is 0 Å². The van der Waals surface area contributed by atoms with E-state index in [9.17, 15) is 0 Å². The normalized spacial score (nSPS) is 10.1. The lowest BCUT2D eigenvalue weighted by Crippen LogP contribution is -2.16. The van der Waals surface area contributed by atoms with Gasteiger partial charge < -0.3 is 4.74 Å². The van der Waals surface area contributed by atoms with Crippen molar-refractivity contribution in [1.82, 2.24) is 10.2 Å². The number of aromatic nitrogens is 2. The molecule has 0 fully saturated rings. The summed E-state index contributed by atoms with van der Waals surface area (Å²) in [4.78, 5) is 0. The largest absolute Gasteiger partial charge is 0.432 e. The van der Waals surface area contributed by atoms with Crippen molar-refractivity contribution in [3.63, 3.8) is 0 Å². The number of rotatable bonds is 3. The van der Waals surface area contributed by atoms with E-state index in [1.165, 1.54) is 11.3 Å². The number of para-hydroxylation sites is 1. The molecule has 2 aromatic carbocycles. The molecule has 4 nitrogen and oxygen atoms in total. The highest BCUT2D eigenvalue weighted by Crippen LogP contribution is 2.26. The molecule has 1 heterocycles. The Bertz CT molecular complexity index is 729. The number of hydrogen-bond donors (Lipinski definition) is 1. The summed E-state index contributed by atoms with van der Waals surface area (Å²) in [6.45, 7) is 0. The van der Waals surface area contributed by atoms with Crippen LogP contribution >= 0.6 is 23.6 Å². The van der Waals surface area contributed by atoms with Crippen LogP contribution in [-0.4, -0.2) is 15.4 Å². The molecule has 3 rings (SSSR count). The molecule has 0 aliphatic heterocycles. The first-order chi connectivity index (χ1) is 10.3. The Morgan fingerprint density at radius 1 is 0.952 bits per heavy atom. The minimum atomic E-state index is 0.247. The standard InChI is InChI=1S/C15H11N3OS2/c20-15(19-12-9-5-2-6-10-12)16-14-18-17-13(21-14)11-7-3-1-4-8-11/h1-10H,(H,16,18,20). The van der Waals surface area contributed by atoms with Gasteiger partial charge in [0.05, 0.1) is 0 Å². The van der Waals surface area contributed by atoms with E-state index in [4.69, 9.17) is 17.0 Å². The van der Waals surface area contributed by atoms with E-state index in [0.717, 1.165) is 10.6 Å². The molecular weight excluding hydrogens is 302 g/mol. The maximum atomic E-state index is 5.49. The number of benzene rings is 2. The molecule has 6 heteroatoms. The summed E-state index contributed by atoms with van der Waals surface area (Å²) >= 11 is 6.57. The fourth-order valence-electron chi connectivity index (χ4n) is 1.68. The van der Waals surface area contributed by atoms with Crippen LogP contribution in [-0.2, 0) is 0 Å². The molecule has 0 amide bonds. The van der Waals surface area contributed by atoms with E-state index in [-0.39, 0.29) is 5.17 Å². The highest BCUT2D eigenvalue weighted by molar-refractivity contribution is 7.80. The van der Waals surface area contributed by atoms with Gasteiger partial charge in [0, 0.05) is 5.56 Å². The summed E-state index contributed by atoms with van der Waals surface area (Å²) in [5.41, 5.74) is 1.03. The summed E-state index contributed by atoms with van der Waals surface area (Å²) in [5, 5.41) is 12.8. The van der Waals surface area contributed by atoms with Crippen LogP contribution in [0.15, 0.2) is 60.7 Å². The number of nitrogens with one attached hydrogen (secondary N) is 1. The first kappa shape index (κ1) is 13.7. The van der Waals surface area contributed by atoms with Crippen LogP contribution in [0, 0.1) is 0 Å². The van der Waals surface area contributed by atoms with Gasteiger partial charge in [0.15, 0.2) is 0 Å². The highest BCUT2D eigenvalue weighted by atomic mass is 32.1. The van der Waals surface area contributed by atoms with E-state index in [1.807, 2.05) is 60.7 Å². The predicted molar refractivity (Wildman–Crippen MR) is 88.6 cm³/mol. The van der Waals surface area contributed by atoms with Gasteiger partial charge in [-0.2, -0.15) is 0 Å². The molecule has 0 spiro atoms. The lowest BCUT2D eigenvalue weighted by Gasteiger charge is -2.05. The van der Waals surface area contributed by atoms with Crippen molar-refractivity contribution in [2.45, 2.75) is 0 Å². The number of hydrogen-bond acceptors (Lipinski definition) is 5. The van der Waals surface area contributed by atoms with Crippen LogP contribution < -0.4 is 10.1 Å². The maximum absolute atomic E-state index is 5.49. The topological polar surface area (TPSA) is 47.0 Å². The Morgan fingerprint density at radius 3 is 2.33 bits per heavy atom. The summed E-state index contributed by atoms with van der Waals surface area (Å²) in [6.07, 6.45) is 0. The van der Waals surface area contributed by atoms with E-state index in [0.29, 0.717) is 10.9 Å². The second-order valence-corrected chi connectivity index (χ2v) is 5.45. The van der Waals surface area contributed by atoms with Crippen LogP contribution in [0.1, 0.15) is 0 Å². The molecule has 21 heavy (non-hydrogen) atoms. The Labute approximate surface area is 131 Å². The smallest absolute Gasteiger partial charge is 0.268 e. The minimum Gasteiger partial charge on any atom is -0.432 e. The number of nitrogens with zero attached hydrogens (tertiary/aromatic N) is 2. The summed E-state index contributed by atoms with van der Waals surface area (Å²) in [5.74, 6) is 0.683. The van der Waals surface area contributed by atoms with E-state index < -0.39 is 0 Å². The van der Waals surface area contributed by atoms with Crippen molar-refractivity contribution in [3.05, 3.63) is 60.7 Å². The lowest BCUT2D eigenvalue weighted by molar-refractivity contribution is 0.563. The SMILES string of the molecule is S=C(Nc1nnc(-c2ccccc2)s1)Oc1ccccc1. The number of thiocarbonyl (C=S) groups is 1. The molecule has 1 aromatic heterocycles. The van der Waals surface area contributed by atoms with Gasteiger partial charge >= 0.3 is 0 Å². The lowest BCUT2D eigenvalue weighted by atomic mass is 10.2. The van der Waals surface area contributed by atoms with E-state index in [2.05, 4.69) is 15.5 Å². The van der Waals surface area contributed by atoms with Gasteiger partial charge in [-0.05, 0) is 24.4 Å². The van der Waals surface area contributed by atoms with Crippen LogP contribution in [0.25, 0.3) is 10.6 Å². The molecule has 104 valence electrons. The molecule has 0 saturated carbocycles. The van der Waals surface area contributed by atoms with Gasteiger partial charge in [-0.15, -0.1) is 10.2 Å². The quantitative estimate of drug-likeness (QED) is 0.741. The highest BCUT2D eigenvalue weighted by Gasteiger charge is 2.08. The van der Waals surface area contributed by atoms with Gasteiger partial charge in [0.1, 0.15) is 10.8 Å². The maximum Gasteiger partial charge on any atom is 0.268 e. The van der Waals surface area contributed by atoms with Gasteiger partial charge in [0.25, 0.3) is 5.17 Å².